The number of nitrogens with two attached hydrogens (primary N) is 1. The molecular weight excluding hydrogens is 340 g/mol. The molecule has 3 rings (SSSR count). The number of primary amides is 1. The predicted octanol–water partition coefficient (Wildman–Crippen LogP) is 2.56. The number of rotatable bonds is 6. The molecule has 7 heteroatoms. The predicted molar refractivity (Wildman–Crippen MR) is 93.2 cm³/mol. The van der Waals surface area contributed by atoms with E-state index in [1.807, 2.05) is 30.3 Å². The van der Waals surface area contributed by atoms with Crippen molar-refractivity contribution >= 4 is 15.7 Å². The van der Waals surface area contributed by atoms with Crippen LogP contribution in [0, 0.1) is 0 Å². The zero-order valence-electron chi connectivity index (χ0n) is 13.3. The van der Waals surface area contributed by atoms with Gasteiger partial charge in [0.05, 0.1) is 17.2 Å². The van der Waals surface area contributed by atoms with Crippen LogP contribution in [0.3, 0.4) is 0 Å². The summed E-state index contributed by atoms with van der Waals surface area (Å²) >= 11 is 0. The molecule has 1 amide bonds. The minimum absolute atomic E-state index is 0.153. The van der Waals surface area contributed by atoms with E-state index < -0.39 is 15.7 Å². The van der Waals surface area contributed by atoms with Crippen LogP contribution < -0.4 is 5.73 Å². The highest BCUT2D eigenvalue weighted by Crippen LogP contribution is 2.20. The summed E-state index contributed by atoms with van der Waals surface area (Å²) in [6.07, 6.45) is 1.36. The number of oxazole rings is 1. The fourth-order valence-electron chi connectivity index (χ4n) is 2.38. The normalized spacial score (nSPS) is 11.4. The van der Waals surface area contributed by atoms with Crippen LogP contribution in [0.4, 0.5) is 0 Å². The average Bonchev–Trinajstić information content (AvgIpc) is 3.03. The topological polar surface area (TPSA) is 103 Å². The SMILES string of the molecule is NC(=O)c1ccc(CS(=O)(=O)Cc2coc(-c3ccccc3)n2)cc1. The van der Waals surface area contributed by atoms with Crippen molar-refractivity contribution in [3.8, 4) is 11.5 Å². The van der Waals surface area contributed by atoms with Gasteiger partial charge < -0.3 is 10.2 Å². The first-order valence-electron chi connectivity index (χ1n) is 7.52. The lowest BCUT2D eigenvalue weighted by atomic mass is 10.1. The van der Waals surface area contributed by atoms with E-state index in [0.717, 1.165) is 5.56 Å². The summed E-state index contributed by atoms with van der Waals surface area (Å²) in [7, 11) is -3.43. The molecule has 25 heavy (non-hydrogen) atoms. The van der Waals surface area contributed by atoms with Gasteiger partial charge in [0.25, 0.3) is 0 Å². The maximum absolute atomic E-state index is 12.4. The number of sulfone groups is 1. The summed E-state index contributed by atoms with van der Waals surface area (Å²) in [5.74, 6) is -0.539. The number of hydrogen-bond donors (Lipinski definition) is 1. The Bertz CT molecular complexity index is 977. The van der Waals surface area contributed by atoms with Crippen molar-refractivity contribution < 1.29 is 17.6 Å². The van der Waals surface area contributed by atoms with Gasteiger partial charge in [0.2, 0.25) is 11.8 Å². The van der Waals surface area contributed by atoms with E-state index in [0.29, 0.717) is 22.7 Å². The van der Waals surface area contributed by atoms with Crippen LogP contribution >= 0.6 is 0 Å². The molecule has 0 atom stereocenters. The molecule has 3 aromatic rings. The highest BCUT2D eigenvalue weighted by atomic mass is 32.2. The van der Waals surface area contributed by atoms with Crippen molar-refractivity contribution in [2.45, 2.75) is 11.5 Å². The van der Waals surface area contributed by atoms with Gasteiger partial charge in [0.15, 0.2) is 9.84 Å². The Hall–Kier alpha value is -2.93. The van der Waals surface area contributed by atoms with Gasteiger partial charge in [-0.1, -0.05) is 30.3 Å². The van der Waals surface area contributed by atoms with Gasteiger partial charge in [-0.3, -0.25) is 4.79 Å². The fourth-order valence-corrected chi connectivity index (χ4v) is 3.77. The molecule has 0 aliphatic heterocycles. The first kappa shape index (κ1) is 16.9. The molecule has 0 aliphatic rings. The zero-order chi connectivity index (χ0) is 17.9. The molecule has 0 radical (unpaired) electrons. The number of carbonyl (C=O) groups is 1. The van der Waals surface area contributed by atoms with Gasteiger partial charge in [-0.15, -0.1) is 0 Å². The van der Waals surface area contributed by atoms with Crippen molar-refractivity contribution in [1.82, 2.24) is 4.98 Å². The molecule has 128 valence electrons. The molecular formula is C18H16N2O4S. The van der Waals surface area contributed by atoms with Crippen LogP contribution in [0.1, 0.15) is 21.6 Å². The quantitative estimate of drug-likeness (QED) is 0.731. The minimum atomic E-state index is -3.43. The molecule has 6 nitrogen and oxygen atoms in total. The maximum Gasteiger partial charge on any atom is 0.248 e. The molecule has 0 spiro atoms. The van der Waals surface area contributed by atoms with Crippen molar-refractivity contribution in [2.75, 3.05) is 0 Å². The molecule has 2 N–H and O–H groups in total. The Balaban J connectivity index is 1.71. The summed E-state index contributed by atoms with van der Waals surface area (Å²) < 4.78 is 30.1. The molecule has 0 aliphatic carbocycles. The van der Waals surface area contributed by atoms with Gasteiger partial charge in [-0.25, -0.2) is 13.4 Å². The van der Waals surface area contributed by atoms with Gasteiger partial charge >= 0.3 is 0 Å². The van der Waals surface area contributed by atoms with E-state index in [9.17, 15) is 13.2 Å². The van der Waals surface area contributed by atoms with E-state index in [2.05, 4.69) is 4.98 Å². The number of amides is 1. The lowest BCUT2D eigenvalue weighted by Gasteiger charge is -2.03. The molecule has 0 bridgehead atoms. The van der Waals surface area contributed by atoms with Crippen LogP contribution in [-0.2, 0) is 21.3 Å². The van der Waals surface area contributed by atoms with Crippen LogP contribution in [0.15, 0.2) is 65.3 Å². The lowest BCUT2D eigenvalue weighted by molar-refractivity contribution is 0.100. The second-order valence-corrected chi connectivity index (χ2v) is 7.67. The standard InChI is InChI=1S/C18H16N2O4S/c19-17(21)14-8-6-13(7-9-14)11-25(22,23)12-16-10-24-18(20-16)15-4-2-1-3-5-15/h1-10H,11-12H2,(H2,19,21). The Morgan fingerprint density at radius 1 is 1.00 bits per heavy atom. The number of aromatic nitrogens is 1. The average molecular weight is 356 g/mol. The minimum Gasteiger partial charge on any atom is -0.444 e. The van der Waals surface area contributed by atoms with Crippen LogP contribution in [-0.4, -0.2) is 19.3 Å². The number of carbonyl (C=O) groups excluding carboxylic acids is 1. The highest BCUT2D eigenvalue weighted by molar-refractivity contribution is 7.89. The fraction of sp³-hybridized carbons (Fsp3) is 0.111. The lowest BCUT2D eigenvalue weighted by Crippen LogP contribution is -2.11. The molecule has 0 saturated carbocycles. The Morgan fingerprint density at radius 2 is 1.68 bits per heavy atom. The van der Waals surface area contributed by atoms with Gasteiger partial charge in [0, 0.05) is 11.1 Å². The zero-order valence-corrected chi connectivity index (χ0v) is 14.1. The Morgan fingerprint density at radius 3 is 2.32 bits per heavy atom. The molecule has 0 unspecified atom stereocenters. The third-order valence-corrected chi connectivity index (χ3v) is 5.07. The van der Waals surface area contributed by atoms with E-state index in [-0.39, 0.29) is 11.5 Å². The third kappa shape index (κ3) is 4.33. The molecule has 1 heterocycles. The molecule has 0 saturated heterocycles. The number of nitrogens with zero attached hydrogens (tertiary/aromatic N) is 1. The highest BCUT2D eigenvalue weighted by Gasteiger charge is 2.17. The summed E-state index contributed by atoms with van der Waals surface area (Å²) in [6.45, 7) is 0. The summed E-state index contributed by atoms with van der Waals surface area (Å²) in [5, 5.41) is 0. The van der Waals surface area contributed by atoms with Crippen molar-refractivity contribution in [2.24, 2.45) is 5.73 Å². The van der Waals surface area contributed by atoms with Crippen LogP contribution in [0.5, 0.6) is 0 Å². The first-order valence-corrected chi connectivity index (χ1v) is 9.34. The van der Waals surface area contributed by atoms with E-state index in [1.165, 1.54) is 18.4 Å². The van der Waals surface area contributed by atoms with E-state index >= 15 is 0 Å². The van der Waals surface area contributed by atoms with Gasteiger partial charge in [0.1, 0.15) is 6.26 Å². The largest absolute Gasteiger partial charge is 0.444 e. The molecule has 1 aromatic heterocycles. The maximum atomic E-state index is 12.4. The monoisotopic (exact) mass is 356 g/mol. The van der Waals surface area contributed by atoms with E-state index in [4.69, 9.17) is 10.2 Å². The van der Waals surface area contributed by atoms with Crippen LogP contribution in [0.2, 0.25) is 0 Å². The summed E-state index contributed by atoms with van der Waals surface area (Å²) in [6, 6.07) is 15.4. The first-order chi connectivity index (χ1) is 11.9. The second-order valence-electron chi connectivity index (χ2n) is 5.60. The second kappa shape index (κ2) is 6.90. The molecule has 2 aromatic carbocycles. The van der Waals surface area contributed by atoms with Crippen LogP contribution in [0.25, 0.3) is 11.5 Å². The van der Waals surface area contributed by atoms with Gasteiger partial charge in [-0.2, -0.15) is 0 Å². The van der Waals surface area contributed by atoms with E-state index in [1.54, 1.807) is 12.1 Å². The smallest absolute Gasteiger partial charge is 0.248 e. The number of benzene rings is 2. The Labute approximate surface area is 145 Å². The van der Waals surface area contributed by atoms with Crippen molar-refractivity contribution in [3.63, 3.8) is 0 Å². The summed E-state index contributed by atoms with van der Waals surface area (Å²) in [5.41, 5.74) is 7.23. The van der Waals surface area contributed by atoms with Crippen molar-refractivity contribution in [3.05, 3.63) is 77.7 Å². The van der Waals surface area contributed by atoms with Crippen molar-refractivity contribution in [1.29, 1.82) is 0 Å². The van der Waals surface area contributed by atoms with Gasteiger partial charge in [-0.05, 0) is 29.8 Å². The molecule has 0 fully saturated rings. The third-order valence-electron chi connectivity index (χ3n) is 3.57. The Kier molecular flexibility index (Phi) is 4.67. The number of hydrogen-bond acceptors (Lipinski definition) is 5. The summed E-state index contributed by atoms with van der Waals surface area (Å²) in [4.78, 5) is 15.3.